The second-order valence-electron chi connectivity index (χ2n) is 11.9. The van der Waals surface area contributed by atoms with Crippen LogP contribution in [0.4, 0.5) is 21.7 Å². The van der Waals surface area contributed by atoms with Crippen molar-refractivity contribution in [1.29, 1.82) is 0 Å². The van der Waals surface area contributed by atoms with Crippen LogP contribution in [0.15, 0.2) is 35.6 Å². The number of nitroso groups, excluding NO2 is 1. The Labute approximate surface area is 240 Å². The van der Waals surface area contributed by atoms with E-state index in [9.17, 15) is 18.9 Å². The van der Waals surface area contributed by atoms with Crippen LogP contribution in [-0.2, 0) is 5.41 Å². The van der Waals surface area contributed by atoms with E-state index in [0.29, 0.717) is 65.8 Å². The van der Waals surface area contributed by atoms with Gasteiger partial charge in [0, 0.05) is 47.8 Å². The molecule has 41 heavy (non-hydrogen) atoms. The minimum Gasteiger partial charge on any atom is -0.352 e. The van der Waals surface area contributed by atoms with Crippen molar-refractivity contribution in [2.75, 3.05) is 36.0 Å². The van der Waals surface area contributed by atoms with Crippen LogP contribution in [0.1, 0.15) is 65.5 Å². The van der Waals surface area contributed by atoms with Crippen molar-refractivity contribution in [1.82, 2.24) is 19.9 Å². The number of carbonyl (C=O) groups excluding carboxylic acids is 2. The van der Waals surface area contributed by atoms with Crippen molar-refractivity contribution in [3.8, 4) is 0 Å². The van der Waals surface area contributed by atoms with Gasteiger partial charge in [0.1, 0.15) is 17.3 Å². The van der Waals surface area contributed by atoms with Crippen molar-refractivity contribution in [2.24, 2.45) is 5.18 Å². The number of aryl methyl sites for hydroxylation is 2. The summed E-state index contributed by atoms with van der Waals surface area (Å²) in [5.41, 5.74) is 1.97. The van der Waals surface area contributed by atoms with E-state index < -0.39 is 16.9 Å². The molecule has 1 atom stereocenters. The summed E-state index contributed by atoms with van der Waals surface area (Å²) in [6, 6.07) is 6.82. The molecule has 1 saturated heterocycles. The molecule has 10 nitrogen and oxygen atoms in total. The van der Waals surface area contributed by atoms with Crippen LogP contribution in [0.5, 0.6) is 0 Å². The van der Waals surface area contributed by atoms with E-state index >= 15 is 0 Å². The number of halogens is 1. The van der Waals surface area contributed by atoms with Gasteiger partial charge in [-0.2, -0.15) is 0 Å². The van der Waals surface area contributed by atoms with Gasteiger partial charge in [-0.1, -0.05) is 19.9 Å². The van der Waals surface area contributed by atoms with E-state index in [1.54, 1.807) is 30.9 Å². The van der Waals surface area contributed by atoms with Gasteiger partial charge in [0.15, 0.2) is 5.82 Å². The lowest BCUT2D eigenvalue weighted by Gasteiger charge is -2.47. The van der Waals surface area contributed by atoms with Crippen LogP contribution in [-0.4, -0.2) is 63.4 Å². The third-order valence-corrected chi connectivity index (χ3v) is 8.34. The number of piperazine rings is 1. The Hall–Kier alpha value is -3.85. The van der Waals surface area contributed by atoms with Crippen molar-refractivity contribution in [2.45, 2.75) is 52.5 Å². The first-order chi connectivity index (χ1) is 19.2. The summed E-state index contributed by atoms with van der Waals surface area (Å²) < 4.78 is 14.3. The third-order valence-electron chi connectivity index (χ3n) is 7.87. The lowest BCUT2D eigenvalue weighted by Crippen LogP contribution is -2.61. The standard InChI is InChI=1S/C29H33FN7O3P/c1-16-11-22(32-17(2)23(16)26(38)34-40)35-9-10-37(29(5,6)15-35)27(39)20-13-31-25-24(33-20)28(3,4)14-36(25)18-7-8-21(41)19(30)12-18/h7-8,11-13H,9-10,14-15,41H2,1-6H3. The average Bonchev–Trinajstić information content (AvgIpc) is 3.18. The Bertz CT molecular complexity index is 1570. The van der Waals surface area contributed by atoms with E-state index in [-0.39, 0.29) is 23.0 Å². The van der Waals surface area contributed by atoms with Gasteiger partial charge in [-0.15, -0.1) is 14.1 Å². The molecule has 1 aromatic carbocycles. The molecular weight excluding hydrogens is 544 g/mol. The molecule has 2 aliphatic rings. The highest BCUT2D eigenvalue weighted by atomic mass is 31.0. The van der Waals surface area contributed by atoms with Gasteiger partial charge in [-0.3, -0.25) is 9.59 Å². The summed E-state index contributed by atoms with van der Waals surface area (Å²) in [6.07, 6.45) is 1.50. The highest BCUT2D eigenvalue weighted by Gasteiger charge is 2.42. The minimum absolute atomic E-state index is 0.212. The maximum absolute atomic E-state index is 14.3. The molecule has 1 fully saturated rings. The summed E-state index contributed by atoms with van der Waals surface area (Å²) in [5.74, 6) is -0.0663. The number of fused-ring (bicyclic) bond motifs is 1. The lowest BCUT2D eigenvalue weighted by atomic mass is 9.92. The smallest absolute Gasteiger partial charge is 0.318 e. The van der Waals surface area contributed by atoms with Crippen molar-refractivity contribution in [3.63, 3.8) is 0 Å². The number of pyridine rings is 1. The topological polar surface area (TPSA) is 112 Å². The minimum atomic E-state index is -0.832. The molecule has 0 saturated carbocycles. The average molecular weight is 578 g/mol. The van der Waals surface area contributed by atoms with Crippen LogP contribution < -0.4 is 15.1 Å². The summed E-state index contributed by atoms with van der Waals surface area (Å²) in [4.78, 5) is 56.4. The molecule has 3 aromatic rings. The van der Waals surface area contributed by atoms with E-state index in [1.165, 1.54) is 12.3 Å². The largest absolute Gasteiger partial charge is 0.352 e. The monoisotopic (exact) mass is 577 g/mol. The Kier molecular flexibility index (Phi) is 7.14. The molecule has 2 aromatic heterocycles. The molecule has 0 bridgehead atoms. The Morgan fingerprint density at radius 3 is 2.41 bits per heavy atom. The normalized spacial score (nSPS) is 17.4. The number of rotatable bonds is 4. The number of hydrogen-bond donors (Lipinski definition) is 0. The van der Waals surface area contributed by atoms with Crippen LogP contribution in [0, 0.1) is 24.6 Å². The maximum atomic E-state index is 14.3. The molecule has 0 aliphatic carbocycles. The molecule has 5 rings (SSSR count). The van der Waals surface area contributed by atoms with Crippen molar-refractivity contribution in [3.05, 3.63) is 69.4 Å². The molecule has 214 valence electrons. The van der Waals surface area contributed by atoms with Crippen LogP contribution in [0.25, 0.3) is 0 Å². The van der Waals surface area contributed by atoms with Gasteiger partial charge in [0.05, 0.1) is 28.7 Å². The summed E-state index contributed by atoms with van der Waals surface area (Å²) in [7, 11) is 2.38. The van der Waals surface area contributed by atoms with Gasteiger partial charge in [-0.25, -0.2) is 19.3 Å². The highest BCUT2D eigenvalue weighted by Crippen LogP contribution is 2.42. The predicted octanol–water partition coefficient (Wildman–Crippen LogP) is 4.20. The molecule has 12 heteroatoms. The summed E-state index contributed by atoms with van der Waals surface area (Å²) >= 11 is 0. The number of amides is 2. The Morgan fingerprint density at radius 2 is 1.78 bits per heavy atom. The van der Waals surface area contributed by atoms with Gasteiger partial charge in [0.25, 0.3) is 5.91 Å². The van der Waals surface area contributed by atoms with Gasteiger partial charge in [0.2, 0.25) is 0 Å². The maximum Gasteiger partial charge on any atom is 0.318 e. The zero-order valence-electron chi connectivity index (χ0n) is 24.0. The fourth-order valence-corrected chi connectivity index (χ4v) is 5.97. The van der Waals surface area contributed by atoms with E-state index in [2.05, 4.69) is 29.3 Å². The zero-order chi connectivity index (χ0) is 29.9. The van der Waals surface area contributed by atoms with Crippen LogP contribution in [0.2, 0.25) is 0 Å². The molecule has 4 heterocycles. The van der Waals surface area contributed by atoms with Crippen molar-refractivity contribution < 1.29 is 14.0 Å². The quantitative estimate of drug-likeness (QED) is 0.335. The summed E-state index contributed by atoms with van der Waals surface area (Å²) in [6.45, 7) is 13.5. The first-order valence-electron chi connectivity index (χ1n) is 13.4. The second-order valence-corrected chi connectivity index (χ2v) is 12.6. The molecule has 0 spiro atoms. The number of nitrogens with zero attached hydrogens (tertiary/aromatic N) is 7. The van der Waals surface area contributed by atoms with Gasteiger partial charge < -0.3 is 14.7 Å². The molecule has 0 radical (unpaired) electrons. The zero-order valence-corrected chi connectivity index (χ0v) is 25.2. The van der Waals surface area contributed by atoms with Crippen LogP contribution >= 0.6 is 9.24 Å². The Balaban J connectivity index is 1.39. The number of hydrogen-bond acceptors (Lipinski definition) is 8. The van der Waals surface area contributed by atoms with Gasteiger partial charge >= 0.3 is 5.91 Å². The number of benzene rings is 1. The highest BCUT2D eigenvalue weighted by molar-refractivity contribution is 7.27. The summed E-state index contributed by atoms with van der Waals surface area (Å²) in [5, 5.41) is 3.04. The first kappa shape index (κ1) is 28.7. The number of anilines is 3. The van der Waals surface area contributed by atoms with Gasteiger partial charge in [-0.05, 0) is 51.5 Å². The predicted molar refractivity (Wildman–Crippen MR) is 159 cm³/mol. The van der Waals surface area contributed by atoms with Crippen LogP contribution in [0.3, 0.4) is 0 Å². The molecule has 2 amide bonds. The fraction of sp³-hybridized carbons (Fsp3) is 0.414. The second kappa shape index (κ2) is 10.2. The van der Waals surface area contributed by atoms with E-state index in [1.807, 2.05) is 38.7 Å². The molecule has 2 aliphatic heterocycles. The number of aromatic nitrogens is 3. The fourth-order valence-electron chi connectivity index (χ4n) is 5.79. The van der Waals surface area contributed by atoms with E-state index in [0.717, 1.165) is 0 Å². The molecule has 0 N–H and O–H groups in total. The SMILES string of the molecule is Cc1cc(N2CCN(C(=O)c3cnc4c(n3)C(C)(C)CN4c3ccc(P)c(F)c3)C(C)(C)C2)nc(C)c1C(=O)N=O. The molecular formula is C29H33FN7O3P. The first-order valence-corrected chi connectivity index (χ1v) is 13.9. The lowest BCUT2D eigenvalue weighted by molar-refractivity contribution is 0.0506. The third kappa shape index (κ3) is 5.07. The van der Waals surface area contributed by atoms with E-state index in [4.69, 9.17) is 4.98 Å². The molecule has 1 unspecified atom stereocenters. The van der Waals surface area contributed by atoms with Crippen molar-refractivity contribution >= 4 is 43.7 Å². The number of carbonyl (C=O) groups is 2. The Morgan fingerprint density at radius 1 is 1.05 bits per heavy atom.